The van der Waals surface area contributed by atoms with Gasteiger partial charge in [0, 0.05) is 150 Å². The van der Waals surface area contributed by atoms with Crippen molar-refractivity contribution >= 4 is 162 Å². The first-order valence-electron chi connectivity index (χ1n) is 40.7. The summed E-state index contributed by atoms with van der Waals surface area (Å²) in [5, 5.41) is 10.2. The lowest BCUT2D eigenvalue weighted by Crippen LogP contribution is -2.04. The van der Waals surface area contributed by atoms with Gasteiger partial charge in [-0.1, -0.05) is 179 Å². The van der Waals surface area contributed by atoms with Crippen LogP contribution in [-0.2, 0) is 0 Å². The SMILES string of the molecule is Brc1ccc2c(c1)c1cccnc1n2-c1cccc(-c2cc(-c3ccccn3)cc(-c3ccccn3)c2)c1.Brc1ccc2c(c1)c1cccnc1n2-c1cccc(-c2cc(-c3ccccn3)nc(-c3ccccn3)c2)c1.Brc1ccc2c(c1)c1cccnc1n2-c1ccccc1.Brc1ccc2c(c1)c1cccnc1n2-c1nc(-c2ccccc2)c2ccccc2n1. The molecule has 0 amide bonds. The van der Waals surface area contributed by atoms with Gasteiger partial charge in [0.1, 0.15) is 22.6 Å². The third-order valence-corrected chi connectivity index (χ3v) is 24.2. The second kappa shape index (κ2) is 34.4. The van der Waals surface area contributed by atoms with Gasteiger partial charge in [-0.2, -0.15) is 0 Å². The first-order chi connectivity index (χ1) is 62.1. The Balaban J connectivity index is 0.000000105. The summed E-state index contributed by atoms with van der Waals surface area (Å²) in [7, 11) is 0. The van der Waals surface area contributed by atoms with E-state index in [2.05, 4.69) is 324 Å². The highest BCUT2D eigenvalue weighted by atomic mass is 79.9. The van der Waals surface area contributed by atoms with Crippen molar-refractivity contribution in [2.75, 3.05) is 0 Å². The van der Waals surface area contributed by atoms with E-state index in [0.29, 0.717) is 5.95 Å². The van der Waals surface area contributed by atoms with Crippen LogP contribution in [-0.4, -0.2) is 73.1 Å². The van der Waals surface area contributed by atoms with Crippen molar-refractivity contribution in [1.29, 1.82) is 0 Å². The van der Waals surface area contributed by atoms with Gasteiger partial charge in [0.2, 0.25) is 5.95 Å². The molecule has 14 aromatic heterocycles. The van der Waals surface area contributed by atoms with Gasteiger partial charge in [0.05, 0.1) is 67.4 Å². The van der Waals surface area contributed by atoms with Crippen LogP contribution in [0.15, 0.2) is 425 Å². The summed E-state index contributed by atoms with van der Waals surface area (Å²) in [6.07, 6.45) is 14.6. The molecule has 0 unspecified atom stereocenters. The Bertz CT molecular complexity index is 7820. The Kier molecular flexibility index (Phi) is 21.4. The quantitative estimate of drug-likeness (QED) is 0.121. The lowest BCUT2D eigenvalue weighted by molar-refractivity contribution is 0.997. The molecule has 0 bridgehead atoms. The summed E-state index contributed by atoms with van der Waals surface area (Å²) in [6, 6.07) is 122. The fourth-order valence-electron chi connectivity index (χ4n) is 16.6. The molecule has 0 aliphatic carbocycles. The molecule has 0 fully saturated rings. The third kappa shape index (κ3) is 15.3. The van der Waals surface area contributed by atoms with Crippen molar-refractivity contribution < 1.29 is 0 Å². The Morgan fingerprint density at radius 3 is 0.944 bits per heavy atom. The van der Waals surface area contributed by atoms with E-state index in [0.717, 1.165) is 191 Å². The zero-order valence-electron chi connectivity index (χ0n) is 66.9. The van der Waals surface area contributed by atoms with Gasteiger partial charge < -0.3 is 0 Å². The Hall–Kier alpha value is -15.0. The molecular formula is C107H67Br4N15. The van der Waals surface area contributed by atoms with Crippen LogP contribution >= 0.6 is 63.7 Å². The van der Waals surface area contributed by atoms with E-state index in [1.54, 1.807) is 12.4 Å². The molecule has 24 rings (SSSR count). The number of halogens is 4. The highest BCUT2D eigenvalue weighted by molar-refractivity contribution is 9.11. The van der Waals surface area contributed by atoms with Gasteiger partial charge in [-0.05, 0) is 265 Å². The molecule has 126 heavy (non-hydrogen) atoms. The van der Waals surface area contributed by atoms with Crippen LogP contribution in [0.3, 0.4) is 0 Å². The zero-order chi connectivity index (χ0) is 84.6. The van der Waals surface area contributed by atoms with Gasteiger partial charge in [0.15, 0.2) is 0 Å². The van der Waals surface area contributed by atoms with Crippen molar-refractivity contribution in [2.24, 2.45) is 0 Å². The van der Waals surface area contributed by atoms with Crippen LogP contribution < -0.4 is 0 Å². The minimum Gasteiger partial charge on any atom is -0.294 e. The van der Waals surface area contributed by atoms with E-state index in [1.165, 1.54) is 21.7 Å². The molecule has 0 atom stereocenters. The molecule has 0 radical (unpaired) electrons. The summed E-state index contributed by atoms with van der Waals surface area (Å²) in [5.74, 6) is 0.619. The summed E-state index contributed by atoms with van der Waals surface area (Å²) in [5.41, 5.74) is 25.8. The van der Waals surface area contributed by atoms with Crippen molar-refractivity contribution in [1.82, 2.24) is 73.1 Å². The molecule has 0 aliphatic rings. The maximum absolute atomic E-state index is 5.04. The minimum atomic E-state index is 0.619. The molecule has 10 aromatic carbocycles. The van der Waals surface area contributed by atoms with Gasteiger partial charge in [-0.25, -0.2) is 34.9 Å². The monoisotopic (exact) mass is 1880 g/mol. The Morgan fingerprint density at radius 1 is 0.183 bits per heavy atom. The van der Waals surface area contributed by atoms with Crippen molar-refractivity contribution in [2.45, 2.75) is 0 Å². The van der Waals surface area contributed by atoms with E-state index in [9.17, 15) is 0 Å². The van der Waals surface area contributed by atoms with Gasteiger partial charge in [-0.3, -0.25) is 38.2 Å². The van der Waals surface area contributed by atoms with E-state index in [4.69, 9.17) is 24.9 Å². The molecule has 24 aromatic rings. The lowest BCUT2D eigenvalue weighted by Gasteiger charge is -2.13. The highest BCUT2D eigenvalue weighted by Crippen LogP contribution is 2.41. The number of hydrogen-bond acceptors (Lipinski definition) is 11. The number of benzene rings is 10. The average molecular weight is 1880 g/mol. The summed E-state index contributed by atoms with van der Waals surface area (Å²) in [4.78, 5) is 52.0. The molecule has 0 aliphatic heterocycles. The molecule has 0 N–H and O–H groups in total. The summed E-state index contributed by atoms with van der Waals surface area (Å²) in [6.45, 7) is 0. The fourth-order valence-corrected chi connectivity index (χ4v) is 18.1. The van der Waals surface area contributed by atoms with E-state index in [-0.39, 0.29) is 0 Å². The van der Waals surface area contributed by atoms with Crippen molar-refractivity contribution in [3.8, 4) is 102 Å². The number of fused-ring (bicyclic) bond motifs is 13. The Labute approximate surface area is 756 Å². The normalized spacial score (nSPS) is 11.3. The van der Waals surface area contributed by atoms with Crippen molar-refractivity contribution in [3.63, 3.8) is 0 Å². The number of hydrogen-bond donors (Lipinski definition) is 0. The second-order valence-corrected chi connectivity index (χ2v) is 33.6. The molecular weight excluding hydrogens is 1810 g/mol. The minimum absolute atomic E-state index is 0.619. The predicted octanol–water partition coefficient (Wildman–Crippen LogP) is 28.4. The second-order valence-electron chi connectivity index (χ2n) is 30.0. The maximum atomic E-state index is 5.04. The van der Waals surface area contributed by atoms with Crippen LogP contribution in [0.4, 0.5) is 0 Å². The van der Waals surface area contributed by atoms with Crippen LogP contribution in [0.1, 0.15) is 0 Å². The fraction of sp³-hybridized carbons (Fsp3) is 0. The molecule has 0 saturated carbocycles. The van der Waals surface area contributed by atoms with Gasteiger partial charge in [0.25, 0.3) is 0 Å². The average Bonchev–Trinajstić information content (AvgIpc) is 1.58. The van der Waals surface area contributed by atoms with Crippen LogP contribution in [0, 0.1) is 0 Å². The van der Waals surface area contributed by atoms with E-state index >= 15 is 0 Å². The maximum Gasteiger partial charge on any atom is 0.237 e. The van der Waals surface area contributed by atoms with E-state index < -0.39 is 0 Å². The number of aromatic nitrogens is 15. The first-order valence-corrected chi connectivity index (χ1v) is 43.9. The molecule has 19 heteroatoms. The van der Waals surface area contributed by atoms with Crippen LogP contribution in [0.2, 0.25) is 0 Å². The topological polar surface area (TPSA) is 162 Å². The number of nitrogens with zero attached hydrogens (tertiary/aromatic N) is 15. The summed E-state index contributed by atoms with van der Waals surface area (Å²) >= 11 is 14.4. The largest absolute Gasteiger partial charge is 0.294 e. The number of pyridine rings is 9. The predicted molar refractivity (Wildman–Crippen MR) is 525 cm³/mol. The molecule has 14 heterocycles. The Morgan fingerprint density at radius 2 is 0.516 bits per heavy atom. The molecule has 0 spiro atoms. The van der Waals surface area contributed by atoms with Gasteiger partial charge in [-0.15, -0.1) is 0 Å². The van der Waals surface area contributed by atoms with Gasteiger partial charge >= 0.3 is 0 Å². The molecule has 598 valence electrons. The third-order valence-electron chi connectivity index (χ3n) is 22.2. The first kappa shape index (κ1) is 78.3. The van der Waals surface area contributed by atoms with Crippen LogP contribution in [0.5, 0.6) is 0 Å². The van der Waals surface area contributed by atoms with E-state index in [1.807, 2.05) is 183 Å². The zero-order valence-corrected chi connectivity index (χ0v) is 73.2. The highest BCUT2D eigenvalue weighted by Gasteiger charge is 2.22. The van der Waals surface area contributed by atoms with Crippen LogP contribution in [0.25, 0.3) is 200 Å². The number of rotatable bonds is 11. The van der Waals surface area contributed by atoms with Crippen molar-refractivity contribution in [3.05, 3.63) is 425 Å². The lowest BCUT2D eigenvalue weighted by atomic mass is 9.96. The summed E-state index contributed by atoms with van der Waals surface area (Å²) < 4.78 is 12.9. The number of para-hydroxylation sites is 2. The molecule has 15 nitrogen and oxygen atoms in total. The molecule has 0 saturated heterocycles. The standard InChI is InChI=1S/C33H21BrN4.C32H20BrN5.C25H15BrN4.C17H11BrN2/c34-26-12-13-32-29(21-26)28-9-6-16-37-33(28)38(32)27-8-5-7-22(20-27)23-17-24(30-10-1-3-14-35-30)19-25(18-23)31-11-2-4-15-36-31;33-23-12-13-31-26(20-23)25-9-6-16-36-32(25)38(31)24-8-5-7-21(17-24)22-18-29(27-10-1-3-14-34-27)37-30(19-22)28-11-2-4-15-35-28;26-17-12-13-22-20(15-17)18-10-6-14-27-24(18)30(22)25-28-21-11-5-4-9-19(21)23(29-25)16-7-2-1-3-8-16;18-12-8-9-16-15(11-12)14-7-4-10-19-17(14)20(16)13-5-2-1-3-6-13/h1-21H;1-20H;1-15H;1-11H. The smallest absolute Gasteiger partial charge is 0.237 e.